The Kier molecular flexibility index (Phi) is 5.56. The number of carbonyl (C=O) groups excluding carboxylic acids is 1. The van der Waals surface area contributed by atoms with Crippen LogP contribution in [-0.4, -0.2) is 39.3 Å². The summed E-state index contributed by atoms with van der Waals surface area (Å²) in [5.74, 6) is 1.63. The molecular formula is C21H24N2O3. The molecule has 0 saturated carbocycles. The van der Waals surface area contributed by atoms with E-state index in [9.17, 15) is 4.79 Å². The normalized spacial score (nSPS) is 14.0. The zero-order valence-corrected chi connectivity index (χ0v) is 15.5. The zero-order valence-electron chi connectivity index (χ0n) is 15.5. The first-order valence-corrected chi connectivity index (χ1v) is 8.78. The van der Waals surface area contributed by atoms with Crippen molar-refractivity contribution in [1.29, 1.82) is 0 Å². The Morgan fingerprint density at radius 1 is 1.04 bits per heavy atom. The summed E-state index contributed by atoms with van der Waals surface area (Å²) >= 11 is 0. The summed E-state index contributed by atoms with van der Waals surface area (Å²) in [4.78, 5) is 18.2. The van der Waals surface area contributed by atoms with E-state index in [2.05, 4.69) is 9.89 Å². The molecule has 0 aliphatic carbocycles. The van der Waals surface area contributed by atoms with Crippen LogP contribution in [0.15, 0.2) is 41.4 Å². The molecule has 136 valence electrons. The molecule has 1 aliphatic rings. The molecule has 0 amide bonds. The zero-order chi connectivity index (χ0) is 18.5. The van der Waals surface area contributed by atoms with E-state index in [-0.39, 0.29) is 5.78 Å². The van der Waals surface area contributed by atoms with Crippen molar-refractivity contribution in [3.8, 4) is 11.5 Å². The largest absolute Gasteiger partial charge is 0.496 e. The molecule has 5 nitrogen and oxygen atoms in total. The minimum absolute atomic E-state index is 0.0458. The monoisotopic (exact) mass is 352 g/mol. The quantitative estimate of drug-likeness (QED) is 0.576. The fraction of sp³-hybridized carbons (Fsp3) is 0.333. The van der Waals surface area contributed by atoms with Crippen molar-refractivity contribution < 1.29 is 14.3 Å². The second-order valence-corrected chi connectivity index (χ2v) is 6.32. The number of benzene rings is 2. The molecule has 26 heavy (non-hydrogen) atoms. The average molecular weight is 352 g/mol. The summed E-state index contributed by atoms with van der Waals surface area (Å²) in [6.07, 6.45) is 4.16. The number of ether oxygens (including phenoxy) is 2. The Morgan fingerprint density at radius 3 is 2.27 bits per heavy atom. The Balaban J connectivity index is 1.89. The summed E-state index contributed by atoms with van der Waals surface area (Å²) in [5, 5.41) is 0. The number of nitrogens with zero attached hydrogens (tertiary/aromatic N) is 2. The van der Waals surface area contributed by atoms with E-state index in [1.165, 1.54) is 12.8 Å². The van der Waals surface area contributed by atoms with Crippen LogP contribution in [0.3, 0.4) is 0 Å². The van der Waals surface area contributed by atoms with Crippen LogP contribution in [0.25, 0.3) is 0 Å². The first-order valence-electron chi connectivity index (χ1n) is 8.78. The maximum absolute atomic E-state index is 11.4. The van der Waals surface area contributed by atoms with Crippen molar-refractivity contribution in [1.82, 2.24) is 0 Å². The van der Waals surface area contributed by atoms with Gasteiger partial charge in [-0.3, -0.25) is 9.79 Å². The van der Waals surface area contributed by atoms with Gasteiger partial charge in [0.25, 0.3) is 0 Å². The predicted molar refractivity (Wildman–Crippen MR) is 105 cm³/mol. The van der Waals surface area contributed by atoms with Crippen LogP contribution in [-0.2, 0) is 0 Å². The lowest BCUT2D eigenvalue weighted by atomic mass is 10.1. The molecule has 0 radical (unpaired) electrons. The molecule has 0 atom stereocenters. The number of anilines is 1. The lowest BCUT2D eigenvalue weighted by molar-refractivity contribution is 0.101. The van der Waals surface area contributed by atoms with Gasteiger partial charge in [0, 0.05) is 36.5 Å². The maximum atomic E-state index is 11.4. The lowest BCUT2D eigenvalue weighted by Crippen LogP contribution is -2.18. The summed E-state index contributed by atoms with van der Waals surface area (Å²) in [5.41, 5.74) is 3.37. The fourth-order valence-electron chi connectivity index (χ4n) is 3.14. The highest BCUT2D eigenvalue weighted by Gasteiger charge is 2.19. The summed E-state index contributed by atoms with van der Waals surface area (Å²) in [7, 11) is 3.34. The van der Waals surface area contributed by atoms with Crippen molar-refractivity contribution in [3.05, 3.63) is 47.5 Å². The second kappa shape index (κ2) is 8.04. The molecule has 1 fully saturated rings. The predicted octanol–water partition coefficient (Wildman–Crippen LogP) is 4.26. The van der Waals surface area contributed by atoms with E-state index < -0.39 is 0 Å². The minimum atomic E-state index is 0.0458. The van der Waals surface area contributed by atoms with E-state index >= 15 is 0 Å². The number of aliphatic imine (C=N–C) groups is 1. The van der Waals surface area contributed by atoms with Gasteiger partial charge in [-0.25, -0.2) is 0 Å². The number of ketones is 1. The molecule has 0 unspecified atom stereocenters. The van der Waals surface area contributed by atoms with Gasteiger partial charge in [-0.2, -0.15) is 0 Å². The van der Waals surface area contributed by atoms with Gasteiger partial charge in [-0.15, -0.1) is 0 Å². The standard InChI is InChI=1S/C21H24N2O3/c1-15(24)16-6-8-18(9-7-16)22-14-17-12-21(26-3)19(13-20(17)25-2)23-10-4-5-11-23/h6-9,12-14H,4-5,10-11H2,1-3H3. The Labute approximate surface area is 154 Å². The van der Waals surface area contributed by atoms with Crippen LogP contribution in [0.2, 0.25) is 0 Å². The third-order valence-corrected chi connectivity index (χ3v) is 4.60. The van der Waals surface area contributed by atoms with Crippen LogP contribution >= 0.6 is 0 Å². The second-order valence-electron chi connectivity index (χ2n) is 6.32. The molecule has 0 aromatic heterocycles. The minimum Gasteiger partial charge on any atom is -0.496 e. The summed E-state index contributed by atoms with van der Waals surface area (Å²) in [6, 6.07) is 11.2. The smallest absolute Gasteiger partial charge is 0.159 e. The molecule has 1 heterocycles. The Morgan fingerprint density at radius 2 is 1.69 bits per heavy atom. The van der Waals surface area contributed by atoms with E-state index in [0.29, 0.717) is 5.56 Å². The molecule has 2 aromatic carbocycles. The molecule has 1 aliphatic heterocycles. The van der Waals surface area contributed by atoms with Gasteiger partial charge in [0.2, 0.25) is 0 Å². The Bertz CT molecular complexity index is 807. The van der Waals surface area contributed by atoms with Crippen molar-refractivity contribution in [3.63, 3.8) is 0 Å². The molecule has 1 saturated heterocycles. The summed E-state index contributed by atoms with van der Waals surface area (Å²) in [6.45, 7) is 3.63. The highest BCUT2D eigenvalue weighted by atomic mass is 16.5. The van der Waals surface area contributed by atoms with Gasteiger partial charge in [0.15, 0.2) is 5.78 Å². The first-order chi connectivity index (χ1) is 12.6. The third-order valence-electron chi connectivity index (χ3n) is 4.60. The number of carbonyl (C=O) groups is 1. The van der Waals surface area contributed by atoms with Gasteiger partial charge in [0.1, 0.15) is 11.5 Å². The lowest BCUT2D eigenvalue weighted by Gasteiger charge is -2.22. The van der Waals surface area contributed by atoms with Gasteiger partial charge in [0.05, 0.1) is 25.6 Å². The van der Waals surface area contributed by atoms with Crippen molar-refractivity contribution in [2.24, 2.45) is 4.99 Å². The molecule has 3 rings (SSSR count). The first kappa shape index (κ1) is 18.0. The number of Topliss-reactive ketones (excluding diaryl/α,β-unsaturated/α-hetero) is 1. The van der Waals surface area contributed by atoms with Crippen LogP contribution in [0, 0.1) is 0 Å². The van der Waals surface area contributed by atoms with E-state index in [1.807, 2.05) is 24.3 Å². The van der Waals surface area contributed by atoms with Gasteiger partial charge >= 0.3 is 0 Å². The van der Waals surface area contributed by atoms with E-state index in [4.69, 9.17) is 9.47 Å². The van der Waals surface area contributed by atoms with Crippen LogP contribution in [0.4, 0.5) is 11.4 Å². The number of rotatable bonds is 6. The number of hydrogen-bond donors (Lipinski definition) is 0. The molecule has 0 N–H and O–H groups in total. The van der Waals surface area contributed by atoms with Crippen LogP contribution in [0.1, 0.15) is 35.7 Å². The van der Waals surface area contributed by atoms with E-state index in [0.717, 1.165) is 41.5 Å². The SMILES string of the molecule is COc1cc(N2CCCC2)c(OC)cc1C=Nc1ccc(C(C)=O)cc1. The molecule has 5 heteroatoms. The summed E-state index contributed by atoms with van der Waals surface area (Å²) < 4.78 is 11.2. The van der Waals surface area contributed by atoms with Gasteiger partial charge in [-0.05, 0) is 50.1 Å². The maximum Gasteiger partial charge on any atom is 0.159 e. The van der Waals surface area contributed by atoms with Crippen LogP contribution in [0.5, 0.6) is 11.5 Å². The van der Waals surface area contributed by atoms with Gasteiger partial charge in [-0.1, -0.05) is 0 Å². The fourth-order valence-corrected chi connectivity index (χ4v) is 3.14. The Hall–Kier alpha value is -2.82. The topological polar surface area (TPSA) is 51.1 Å². The third kappa shape index (κ3) is 3.87. The van der Waals surface area contributed by atoms with Crippen molar-refractivity contribution in [2.75, 3.05) is 32.2 Å². The number of methoxy groups -OCH3 is 2. The number of hydrogen-bond acceptors (Lipinski definition) is 5. The van der Waals surface area contributed by atoms with Crippen LogP contribution < -0.4 is 14.4 Å². The molecule has 0 bridgehead atoms. The van der Waals surface area contributed by atoms with Crippen molar-refractivity contribution in [2.45, 2.75) is 19.8 Å². The average Bonchev–Trinajstić information content (AvgIpc) is 3.20. The van der Waals surface area contributed by atoms with Gasteiger partial charge < -0.3 is 14.4 Å². The highest BCUT2D eigenvalue weighted by Crippen LogP contribution is 2.36. The molecule has 2 aromatic rings. The van der Waals surface area contributed by atoms with E-state index in [1.54, 1.807) is 39.5 Å². The van der Waals surface area contributed by atoms with Crippen molar-refractivity contribution >= 4 is 23.4 Å². The molecular weight excluding hydrogens is 328 g/mol. The molecule has 0 spiro atoms. The highest BCUT2D eigenvalue weighted by molar-refractivity contribution is 5.94.